The third-order valence-electron chi connectivity index (χ3n) is 4.20. The summed E-state index contributed by atoms with van der Waals surface area (Å²) in [6, 6.07) is 14.0. The maximum atomic E-state index is 5.58. The molecule has 0 spiro atoms. The van der Waals surface area contributed by atoms with E-state index in [2.05, 4.69) is 22.8 Å². The number of morpholine rings is 1. The first-order chi connectivity index (χ1) is 11.8. The van der Waals surface area contributed by atoms with Crippen molar-refractivity contribution in [2.24, 2.45) is 0 Å². The molecule has 0 saturated carbocycles. The van der Waals surface area contributed by atoms with E-state index in [0.29, 0.717) is 5.11 Å². The Morgan fingerprint density at radius 1 is 1.12 bits per heavy atom. The molecular weight excluding hydrogens is 322 g/mol. The van der Waals surface area contributed by atoms with Gasteiger partial charge >= 0.3 is 0 Å². The summed E-state index contributed by atoms with van der Waals surface area (Å²) in [6.07, 6.45) is 1.69. The monoisotopic (exact) mass is 346 g/mol. The van der Waals surface area contributed by atoms with E-state index < -0.39 is 0 Å². The van der Waals surface area contributed by atoms with Crippen molar-refractivity contribution in [3.63, 3.8) is 0 Å². The van der Waals surface area contributed by atoms with Crippen molar-refractivity contribution < 1.29 is 14.1 Å². The van der Waals surface area contributed by atoms with E-state index in [-0.39, 0.29) is 6.04 Å². The summed E-state index contributed by atoms with van der Waals surface area (Å²) in [7, 11) is 0. The van der Waals surface area contributed by atoms with Gasteiger partial charge in [0.1, 0.15) is 24.9 Å². The third-order valence-corrected chi connectivity index (χ3v) is 4.46. The van der Waals surface area contributed by atoms with Gasteiger partial charge in [-0.1, -0.05) is 30.3 Å². The molecule has 1 aliphatic heterocycles. The lowest BCUT2D eigenvalue weighted by Crippen LogP contribution is -3.14. The number of hydrogen-bond donors (Lipinski definition) is 3. The molecule has 128 valence electrons. The SMILES string of the molecule is S=C(NCC[NH+]1CCOCC1)N[C@H](c1ccccc1)c1ccco1. The Balaban J connectivity index is 1.53. The number of furan rings is 1. The van der Waals surface area contributed by atoms with Gasteiger partial charge in [0.2, 0.25) is 0 Å². The lowest BCUT2D eigenvalue weighted by Gasteiger charge is -2.24. The van der Waals surface area contributed by atoms with Gasteiger partial charge in [0.25, 0.3) is 0 Å². The highest BCUT2D eigenvalue weighted by Gasteiger charge is 2.18. The molecule has 1 aromatic heterocycles. The molecule has 0 bridgehead atoms. The van der Waals surface area contributed by atoms with Crippen molar-refractivity contribution in [3.05, 3.63) is 60.1 Å². The van der Waals surface area contributed by atoms with Gasteiger partial charge < -0.3 is 24.7 Å². The molecule has 0 radical (unpaired) electrons. The Morgan fingerprint density at radius 2 is 1.92 bits per heavy atom. The highest BCUT2D eigenvalue weighted by molar-refractivity contribution is 7.80. The molecule has 0 amide bonds. The smallest absolute Gasteiger partial charge is 0.167 e. The highest BCUT2D eigenvalue weighted by Crippen LogP contribution is 2.22. The van der Waals surface area contributed by atoms with Crippen LogP contribution >= 0.6 is 12.2 Å². The zero-order valence-electron chi connectivity index (χ0n) is 13.7. The minimum absolute atomic E-state index is 0.0862. The molecule has 0 aliphatic carbocycles. The van der Waals surface area contributed by atoms with Gasteiger partial charge in [-0.05, 0) is 29.9 Å². The van der Waals surface area contributed by atoms with Gasteiger partial charge in [-0.2, -0.15) is 0 Å². The predicted molar refractivity (Wildman–Crippen MR) is 97.1 cm³/mol. The summed E-state index contributed by atoms with van der Waals surface area (Å²) in [4.78, 5) is 1.56. The van der Waals surface area contributed by atoms with Crippen molar-refractivity contribution in [2.75, 3.05) is 39.4 Å². The number of nitrogens with one attached hydrogen (secondary N) is 3. The maximum absolute atomic E-state index is 5.58. The van der Waals surface area contributed by atoms with Crippen LogP contribution in [-0.4, -0.2) is 44.5 Å². The molecule has 1 atom stereocenters. The molecule has 1 aliphatic rings. The molecule has 2 aromatic rings. The molecule has 2 heterocycles. The quantitative estimate of drug-likeness (QED) is 0.674. The van der Waals surface area contributed by atoms with Crippen LogP contribution in [-0.2, 0) is 4.74 Å². The molecule has 3 N–H and O–H groups in total. The van der Waals surface area contributed by atoms with E-state index in [1.807, 2.05) is 30.3 Å². The molecule has 0 unspecified atom stereocenters. The van der Waals surface area contributed by atoms with E-state index in [1.165, 1.54) is 0 Å². The van der Waals surface area contributed by atoms with Gasteiger partial charge in [0.05, 0.1) is 32.6 Å². The van der Waals surface area contributed by atoms with Crippen molar-refractivity contribution in [3.8, 4) is 0 Å². The first-order valence-electron chi connectivity index (χ1n) is 8.37. The van der Waals surface area contributed by atoms with Crippen LogP contribution in [0.4, 0.5) is 0 Å². The zero-order chi connectivity index (χ0) is 16.6. The summed E-state index contributed by atoms with van der Waals surface area (Å²) in [6.45, 7) is 5.74. The van der Waals surface area contributed by atoms with Crippen LogP contribution in [0.1, 0.15) is 17.4 Å². The number of hydrogen-bond acceptors (Lipinski definition) is 3. The first-order valence-corrected chi connectivity index (χ1v) is 8.78. The summed E-state index contributed by atoms with van der Waals surface area (Å²) in [5.41, 5.74) is 1.12. The normalized spacial score (nSPS) is 16.5. The second kappa shape index (κ2) is 8.82. The van der Waals surface area contributed by atoms with Gasteiger partial charge in [-0.15, -0.1) is 0 Å². The fourth-order valence-corrected chi connectivity index (χ4v) is 3.08. The highest BCUT2D eigenvalue weighted by atomic mass is 32.1. The number of ether oxygens (including phenoxy) is 1. The van der Waals surface area contributed by atoms with E-state index in [9.17, 15) is 0 Å². The van der Waals surface area contributed by atoms with Crippen molar-refractivity contribution in [2.45, 2.75) is 6.04 Å². The largest absolute Gasteiger partial charge is 0.467 e. The number of quaternary nitrogens is 1. The molecule has 6 heteroatoms. The summed E-state index contributed by atoms with van der Waals surface area (Å²) in [5, 5.41) is 7.32. The number of benzene rings is 1. The van der Waals surface area contributed by atoms with Gasteiger partial charge in [-0.3, -0.25) is 0 Å². The minimum atomic E-state index is -0.0862. The van der Waals surface area contributed by atoms with Crippen molar-refractivity contribution >= 4 is 17.3 Å². The summed E-state index contributed by atoms with van der Waals surface area (Å²) < 4.78 is 11.0. The Morgan fingerprint density at radius 3 is 2.62 bits per heavy atom. The molecular formula is C18H24N3O2S+. The molecule has 1 aromatic carbocycles. The van der Waals surface area contributed by atoms with E-state index in [4.69, 9.17) is 21.4 Å². The Bertz CT molecular complexity index is 612. The lowest BCUT2D eigenvalue weighted by atomic mass is 10.1. The van der Waals surface area contributed by atoms with E-state index in [0.717, 1.165) is 50.7 Å². The molecule has 24 heavy (non-hydrogen) atoms. The topological polar surface area (TPSA) is 50.9 Å². The van der Waals surface area contributed by atoms with Crippen molar-refractivity contribution in [1.29, 1.82) is 0 Å². The number of thiocarbonyl (C=S) groups is 1. The Hall–Kier alpha value is -1.89. The van der Waals surface area contributed by atoms with Crippen LogP contribution < -0.4 is 15.5 Å². The third kappa shape index (κ3) is 4.80. The molecule has 3 rings (SSSR count). The second-order valence-electron chi connectivity index (χ2n) is 5.87. The lowest BCUT2D eigenvalue weighted by molar-refractivity contribution is -0.906. The molecule has 5 nitrogen and oxygen atoms in total. The van der Waals surface area contributed by atoms with Crippen molar-refractivity contribution in [1.82, 2.24) is 10.6 Å². The van der Waals surface area contributed by atoms with Crippen LogP contribution in [0.15, 0.2) is 53.1 Å². The maximum Gasteiger partial charge on any atom is 0.167 e. The molecule has 1 saturated heterocycles. The Kier molecular flexibility index (Phi) is 6.23. The summed E-state index contributed by atoms with van der Waals surface area (Å²) >= 11 is 5.47. The second-order valence-corrected chi connectivity index (χ2v) is 6.28. The average Bonchev–Trinajstić information content (AvgIpc) is 3.16. The van der Waals surface area contributed by atoms with Crippen LogP contribution in [0.2, 0.25) is 0 Å². The van der Waals surface area contributed by atoms with Crippen LogP contribution in [0.3, 0.4) is 0 Å². The van der Waals surface area contributed by atoms with Crippen LogP contribution in [0.25, 0.3) is 0 Å². The van der Waals surface area contributed by atoms with Gasteiger partial charge in [-0.25, -0.2) is 0 Å². The zero-order valence-corrected chi connectivity index (χ0v) is 14.5. The number of rotatable bonds is 6. The molecule has 1 fully saturated rings. The minimum Gasteiger partial charge on any atom is -0.467 e. The van der Waals surface area contributed by atoms with E-state index in [1.54, 1.807) is 11.2 Å². The average molecular weight is 346 g/mol. The first kappa shape index (κ1) is 17.0. The van der Waals surface area contributed by atoms with E-state index >= 15 is 0 Å². The Labute approximate surface area is 148 Å². The standard InChI is InChI=1S/C18H23N3O2S/c24-18(19-8-9-21-10-13-22-14-11-21)20-17(16-7-4-12-23-16)15-5-2-1-3-6-15/h1-7,12,17H,8-11,13-14H2,(H2,19,20,24)/p+1/t17-/m1/s1. The fourth-order valence-electron chi connectivity index (χ4n) is 2.86. The van der Waals surface area contributed by atoms with Gasteiger partial charge in [0, 0.05) is 0 Å². The fraction of sp³-hybridized carbons (Fsp3) is 0.389. The van der Waals surface area contributed by atoms with Gasteiger partial charge in [0.15, 0.2) is 5.11 Å². The summed E-state index contributed by atoms with van der Waals surface area (Å²) in [5.74, 6) is 0.851. The predicted octanol–water partition coefficient (Wildman–Crippen LogP) is 0.748. The van der Waals surface area contributed by atoms with Crippen LogP contribution in [0, 0.1) is 0 Å². The van der Waals surface area contributed by atoms with Crippen LogP contribution in [0.5, 0.6) is 0 Å².